The van der Waals surface area contributed by atoms with E-state index in [1.807, 2.05) is 6.92 Å². The first-order valence-corrected chi connectivity index (χ1v) is 12.9. The maximum absolute atomic E-state index is 15.2. The van der Waals surface area contributed by atoms with E-state index in [4.69, 9.17) is 0 Å². The summed E-state index contributed by atoms with van der Waals surface area (Å²) >= 11 is 0. The number of β-amino-alcohol motifs (C(OH)–C–C–N with tert-alkyl or cyclic N) is 2. The number of hydrogen-bond acceptors (Lipinski definition) is 8. The summed E-state index contributed by atoms with van der Waals surface area (Å²) in [6.07, 6.45) is -2.01. The third-order valence-electron chi connectivity index (χ3n) is 7.59. The Hall–Kier alpha value is -3.29. The van der Waals surface area contributed by atoms with E-state index in [-0.39, 0.29) is 29.4 Å². The molecule has 3 heterocycles. The number of anilines is 4. The number of nitrogens with one attached hydrogen (secondary N) is 3. The van der Waals surface area contributed by atoms with Crippen molar-refractivity contribution in [2.75, 3.05) is 23.7 Å². The average molecular weight is 550 g/mol. The van der Waals surface area contributed by atoms with Crippen LogP contribution in [0.15, 0.2) is 24.4 Å². The fourth-order valence-electron chi connectivity index (χ4n) is 5.55. The molecule has 9 nitrogen and oxygen atoms in total. The lowest BCUT2D eigenvalue weighted by molar-refractivity contribution is -0.137. The van der Waals surface area contributed by atoms with Crippen LogP contribution in [-0.2, 0) is 6.18 Å². The zero-order valence-corrected chi connectivity index (χ0v) is 21.6. The van der Waals surface area contributed by atoms with Gasteiger partial charge in [-0.1, -0.05) is 0 Å². The molecule has 210 valence electrons. The van der Waals surface area contributed by atoms with Gasteiger partial charge in [-0.05, 0) is 68.7 Å². The number of H-pyrrole nitrogens is 1. The molecule has 1 saturated heterocycles. The van der Waals surface area contributed by atoms with E-state index < -0.39 is 35.6 Å². The molecule has 3 aromatic rings. The Morgan fingerprint density at radius 2 is 1.69 bits per heavy atom. The minimum absolute atomic E-state index is 0.0614. The number of aliphatic hydroxyl groups excluding tert-OH is 2. The second-order valence-electron chi connectivity index (χ2n) is 10.4. The zero-order chi connectivity index (χ0) is 27.9. The Balaban J connectivity index is 1.30. The molecule has 0 bridgehead atoms. The summed E-state index contributed by atoms with van der Waals surface area (Å²) in [5, 5.41) is 31.5. The standard InChI is InChI=1S/C26H31F4N7O2/c1-13-7-20(19(27)9-17(13)15-3-5-16(6-4-15)37-11-21(38)22(39)12-37)32-25-31-10-18(26(28,29)30)24(34-25)33-23-8-14(2)35-36-23/h7-10,15-16,21-22,38-39H,3-6,11-12H2,1-2H3,(H3,31,32,33,34,35,36)/t15-,16+,21-,22-/m0/s1. The predicted octanol–water partition coefficient (Wildman–Crippen LogP) is 4.53. The van der Waals surface area contributed by atoms with Crippen LogP contribution < -0.4 is 10.6 Å². The van der Waals surface area contributed by atoms with Gasteiger partial charge in [-0.3, -0.25) is 10.00 Å². The normalized spacial score (nSPS) is 24.2. The fraction of sp³-hybridized carbons (Fsp3) is 0.500. The summed E-state index contributed by atoms with van der Waals surface area (Å²) < 4.78 is 55.8. The number of halogens is 4. The molecule has 0 radical (unpaired) electrons. The molecule has 0 amide bonds. The lowest BCUT2D eigenvalue weighted by atomic mass is 9.79. The van der Waals surface area contributed by atoms with Gasteiger partial charge in [0.05, 0.1) is 17.9 Å². The van der Waals surface area contributed by atoms with E-state index in [9.17, 15) is 23.4 Å². The fourth-order valence-corrected chi connectivity index (χ4v) is 5.55. The number of rotatable bonds is 6. The van der Waals surface area contributed by atoms with Gasteiger partial charge in [0.2, 0.25) is 5.95 Å². The number of aryl methyl sites for hydroxylation is 2. The molecule has 2 aromatic heterocycles. The molecule has 2 fully saturated rings. The lowest BCUT2D eigenvalue weighted by Crippen LogP contribution is -2.37. The second-order valence-corrected chi connectivity index (χ2v) is 10.4. The third-order valence-corrected chi connectivity index (χ3v) is 7.59. The Labute approximate surface area is 222 Å². The van der Waals surface area contributed by atoms with Crippen molar-refractivity contribution in [2.24, 2.45) is 0 Å². The minimum Gasteiger partial charge on any atom is -0.389 e. The molecule has 1 aliphatic carbocycles. The van der Waals surface area contributed by atoms with Crippen molar-refractivity contribution in [1.82, 2.24) is 25.1 Å². The number of benzene rings is 1. The topological polar surface area (TPSA) is 122 Å². The Morgan fingerprint density at radius 3 is 2.31 bits per heavy atom. The van der Waals surface area contributed by atoms with Crippen molar-refractivity contribution in [2.45, 2.75) is 69.9 Å². The first-order chi connectivity index (χ1) is 18.5. The van der Waals surface area contributed by atoms with Crippen molar-refractivity contribution >= 4 is 23.3 Å². The van der Waals surface area contributed by atoms with Crippen molar-refractivity contribution in [1.29, 1.82) is 0 Å². The van der Waals surface area contributed by atoms with Crippen LogP contribution in [0.4, 0.5) is 40.8 Å². The molecular weight excluding hydrogens is 518 g/mol. The first kappa shape index (κ1) is 27.3. The summed E-state index contributed by atoms with van der Waals surface area (Å²) in [6, 6.07) is 4.91. The van der Waals surface area contributed by atoms with Gasteiger partial charge in [0.15, 0.2) is 5.82 Å². The molecule has 2 atom stereocenters. The third kappa shape index (κ3) is 5.99. The van der Waals surface area contributed by atoms with Crippen LogP contribution >= 0.6 is 0 Å². The number of nitrogens with zero attached hydrogens (tertiary/aromatic N) is 4. The predicted molar refractivity (Wildman–Crippen MR) is 137 cm³/mol. The summed E-state index contributed by atoms with van der Waals surface area (Å²) in [5.74, 6) is -0.933. The SMILES string of the molecule is Cc1cc(Nc2nc(Nc3cc(C)c([C@H]4CC[C@@H](N5C[C@H](O)[C@@H](O)C5)CC4)cc3F)ncc2C(F)(F)F)n[nH]1. The van der Waals surface area contributed by atoms with E-state index in [1.54, 1.807) is 13.0 Å². The van der Waals surface area contributed by atoms with Gasteiger partial charge in [-0.25, -0.2) is 9.37 Å². The van der Waals surface area contributed by atoms with Crippen LogP contribution in [0.1, 0.15) is 54.0 Å². The van der Waals surface area contributed by atoms with Gasteiger partial charge in [0, 0.05) is 37.1 Å². The molecule has 1 aliphatic heterocycles. The summed E-state index contributed by atoms with van der Waals surface area (Å²) in [5.41, 5.74) is 1.38. The minimum atomic E-state index is -4.71. The molecule has 1 aromatic carbocycles. The molecule has 0 spiro atoms. The molecule has 39 heavy (non-hydrogen) atoms. The maximum atomic E-state index is 15.2. The number of aromatic nitrogens is 4. The largest absolute Gasteiger partial charge is 0.421 e. The highest BCUT2D eigenvalue weighted by molar-refractivity contribution is 5.62. The molecule has 2 aliphatic rings. The van der Waals surface area contributed by atoms with Crippen molar-refractivity contribution < 1.29 is 27.8 Å². The van der Waals surface area contributed by atoms with Gasteiger partial charge in [-0.2, -0.15) is 23.3 Å². The van der Waals surface area contributed by atoms with Gasteiger partial charge in [0.25, 0.3) is 0 Å². The summed E-state index contributed by atoms with van der Waals surface area (Å²) in [4.78, 5) is 9.87. The van der Waals surface area contributed by atoms with Crippen molar-refractivity contribution in [3.63, 3.8) is 0 Å². The quantitative estimate of drug-likeness (QED) is 0.285. The highest BCUT2D eigenvalue weighted by atomic mass is 19.4. The highest BCUT2D eigenvalue weighted by Gasteiger charge is 2.37. The van der Waals surface area contributed by atoms with Crippen molar-refractivity contribution in [3.8, 4) is 0 Å². The lowest BCUT2D eigenvalue weighted by Gasteiger charge is -2.35. The first-order valence-electron chi connectivity index (χ1n) is 12.9. The summed E-state index contributed by atoms with van der Waals surface area (Å²) in [7, 11) is 0. The van der Waals surface area contributed by atoms with E-state index in [1.165, 1.54) is 12.1 Å². The molecule has 0 unspecified atom stereocenters. The average Bonchev–Trinajstić information content (AvgIpc) is 3.44. The maximum Gasteiger partial charge on any atom is 0.421 e. The number of alkyl halides is 3. The summed E-state index contributed by atoms with van der Waals surface area (Å²) in [6.45, 7) is 4.52. The smallest absolute Gasteiger partial charge is 0.389 e. The number of hydrogen-bond donors (Lipinski definition) is 5. The van der Waals surface area contributed by atoms with Crippen LogP contribution in [0.5, 0.6) is 0 Å². The Bertz CT molecular complexity index is 1310. The van der Waals surface area contributed by atoms with Gasteiger partial charge in [0.1, 0.15) is 17.2 Å². The Kier molecular flexibility index (Phi) is 7.49. The van der Waals surface area contributed by atoms with Crippen LogP contribution in [0.2, 0.25) is 0 Å². The number of aromatic amines is 1. The van der Waals surface area contributed by atoms with Gasteiger partial charge < -0.3 is 20.8 Å². The highest BCUT2D eigenvalue weighted by Crippen LogP contribution is 2.39. The molecular formula is C26H31F4N7O2. The van der Waals surface area contributed by atoms with E-state index >= 15 is 4.39 Å². The molecule has 5 N–H and O–H groups in total. The number of aliphatic hydroxyl groups is 2. The van der Waals surface area contributed by atoms with E-state index in [0.717, 1.165) is 36.8 Å². The van der Waals surface area contributed by atoms with Crippen LogP contribution in [-0.4, -0.2) is 66.6 Å². The molecule has 1 saturated carbocycles. The Morgan fingerprint density at radius 1 is 1.00 bits per heavy atom. The zero-order valence-electron chi connectivity index (χ0n) is 21.6. The monoisotopic (exact) mass is 549 g/mol. The molecule has 13 heteroatoms. The van der Waals surface area contributed by atoms with Gasteiger partial charge in [-0.15, -0.1) is 0 Å². The van der Waals surface area contributed by atoms with E-state index in [0.29, 0.717) is 25.0 Å². The second kappa shape index (κ2) is 10.7. The van der Waals surface area contributed by atoms with Crippen molar-refractivity contribution in [3.05, 3.63) is 52.6 Å². The van der Waals surface area contributed by atoms with Crippen LogP contribution in [0.3, 0.4) is 0 Å². The van der Waals surface area contributed by atoms with Gasteiger partial charge >= 0.3 is 6.18 Å². The molecule has 5 rings (SSSR count). The number of likely N-dealkylation sites (tertiary alicyclic amines) is 1. The van der Waals surface area contributed by atoms with Crippen LogP contribution in [0.25, 0.3) is 0 Å². The van der Waals surface area contributed by atoms with E-state index in [2.05, 4.69) is 35.7 Å². The van der Waals surface area contributed by atoms with Crippen LogP contribution in [0, 0.1) is 19.7 Å².